The molecule has 18 heavy (non-hydrogen) atoms. The molecule has 0 aliphatic rings. The molecule has 0 saturated heterocycles. The van der Waals surface area contributed by atoms with Gasteiger partial charge in [0, 0.05) is 11.9 Å². The van der Waals surface area contributed by atoms with E-state index in [0.717, 1.165) is 36.3 Å². The number of ether oxygens (including phenoxy) is 1. The van der Waals surface area contributed by atoms with Gasteiger partial charge in [0.05, 0.1) is 19.9 Å². The first-order chi connectivity index (χ1) is 8.60. The molecule has 0 saturated carbocycles. The summed E-state index contributed by atoms with van der Waals surface area (Å²) in [6.45, 7) is 3.93. The molecule has 4 nitrogen and oxygen atoms in total. The fourth-order valence-corrected chi connectivity index (χ4v) is 1.98. The third kappa shape index (κ3) is 4.14. The molecule has 0 unspecified atom stereocenters. The highest BCUT2D eigenvalue weighted by atomic mass is 79.9. The first-order valence-electron chi connectivity index (χ1n) is 6.07. The largest absolute Gasteiger partial charge is 0.493 e. The predicted molar refractivity (Wildman–Crippen MR) is 79.4 cm³/mol. The van der Waals surface area contributed by atoms with E-state index in [-0.39, 0.29) is 0 Å². The summed E-state index contributed by atoms with van der Waals surface area (Å²) in [4.78, 5) is 2.15. The van der Waals surface area contributed by atoms with E-state index < -0.39 is 0 Å². The zero-order valence-electron chi connectivity index (χ0n) is 11.6. The summed E-state index contributed by atoms with van der Waals surface area (Å²) in [5.74, 6) is 0.845. The Balaban J connectivity index is 2.94. The number of methoxy groups -OCH3 is 1. The van der Waals surface area contributed by atoms with Crippen LogP contribution in [0.3, 0.4) is 0 Å². The van der Waals surface area contributed by atoms with Gasteiger partial charge in [-0.2, -0.15) is 5.10 Å². The number of nitrogens with zero attached hydrogens (tertiary/aromatic N) is 3. The van der Waals surface area contributed by atoms with E-state index in [1.807, 2.05) is 4.68 Å². The fraction of sp³-hybridized carbons (Fsp3) is 0.615. The molecule has 1 aromatic rings. The smallest absolute Gasteiger partial charge is 0.164 e. The second-order valence-corrected chi connectivity index (χ2v) is 5.25. The van der Waals surface area contributed by atoms with Gasteiger partial charge < -0.3 is 9.64 Å². The lowest BCUT2D eigenvalue weighted by molar-refractivity contribution is 0.370. The molecule has 0 amide bonds. The Hall–Kier alpha value is -0.810. The second-order valence-electron chi connectivity index (χ2n) is 4.45. The Morgan fingerprint density at radius 3 is 2.83 bits per heavy atom. The number of alkyl halides is 1. The van der Waals surface area contributed by atoms with Crippen LogP contribution in [0.25, 0.3) is 5.57 Å². The van der Waals surface area contributed by atoms with Crippen molar-refractivity contribution >= 4 is 21.5 Å². The highest BCUT2D eigenvalue weighted by Crippen LogP contribution is 2.25. The van der Waals surface area contributed by atoms with Crippen molar-refractivity contribution in [2.45, 2.75) is 19.9 Å². The highest BCUT2D eigenvalue weighted by molar-refractivity contribution is 9.09. The zero-order valence-corrected chi connectivity index (χ0v) is 13.2. The SMILES string of the molecule is COc1cnn(CCN(C)C)c1C(C)=CCCBr. The lowest BCUT2D eigenvalue weighted by Gasteiger charge is -2.13. The average molecular weight is 316 g/mol. The lowest BCUT2D eigenvalue weighted by Crippen LogP contribution is -2.20. The molecule has 0 aromatic carbocycles. The minimum absolute atomic E-state index is 0.845. The lowest BCUT2D eigenvalue weighted by atomic mass is 10.1. The van der Waals surface area contributed by atoms with Crippen molar-refractivity contribution < 1.29 is 4.74 Å². The van der Waals surface area contributed by atoms with Crippen molar-refractivity contribution in [2.24, 2.45) is 0 Å². The van der Waals surface area contributed by atoms with Gasteiger partial charge in [0.25, 0.3) is 0 Å². The van der Waals surface area contributed by atoms with Gasteiger partial charge in [-0.05, 0) is 33.0 Å². The number of halogens is 1. The summed E-state index contributed by atoms with van der Waals surface area (Å²) in [5, 5.41) is 5.37. The topological polar surface area (TPSA) is 30.3 Å². The number of likely N-dealkylation sites (N-methyl/N-ethyl adjacent to an activating group) is 1. The molecule has 0 aliphatic heterocycles. The van der Waals surface area contributed by atoms with Gasteiger partial charge in [0.15, 0.2) is 5.75 Å². The monoisotopic (exact) mass is 315 g/mol. The number of hydrogen-bond acceptors (Lipinski definition) is 3. The van der Waals surface area contributed by atoms with E-state index in [1.54, 1.807) is 13.3 Å². The van der Waals surface area contributed by atoms with E-state index in [4.69, 9.17) is 4.74 Å². The number of allylic oxidation sites excluding steroid dienone is 2. The average Bonchev–Trinajstić information content (AvgIpc) is 2.76. The van der Waals surface area contributed by atoms with E-state index in [1.165, 1.54) is 5.57 Å². The van der Waals surface area contributed by atoms with Gasteiger partial charge in [-0.3, -0.25) is 4.68 Å². The molecule has 0 N–H and O–H groups in total. The number of hydrogen-bond donors (Lipinski definition) is 0. The molecule has 0 spiro atoms. The molecule has 5 heteroatoms. The van der Waals surface area contributed by atoms with Crippen LogP contribution in [-0.4, -0.2) is 47.8 Å². The minimum Gasteiger partial charge on any atom is -0.493 e. The maximum Gasteiger partial charge on any atom is 0.164 e. The van der Waals surface area contributed by atoms with Crippen molar-refractivity contribution in [3.63, 3.8) is 0 Å². The Bertz CT molecular complexity index is 399. The maximum absolute atomic E-state index is 5.38. The molecule has 0 radical (unpaired) electrons. The Morgan fingerprint density at radius 1 is 1.56 bits per heavy atom. The maximum atomic E-state index is 5.38. The standard InChI is InChI=1S/C13H22BrN3O/c1-11(6-5-7-14)13-12(18-4)10-15-17(13)9-8-16(2)3/h6,10H,5,7-9H2,1-4H3. The van der Waals surface area contributed by atoms with Crippen LogP contribution >= 0.6 is 15.9 Å². The van der Waals surface area contributed by atoms with E-state index in [0.29, 0.717) is 0 Å². The minimum atomic E-state index is 0.845. The summed E-state index contributed by atoms with van der Waals surface area (Å²) in [5.41, 5.74) is 2.29. The Labute approximate surface area is 118 Å². The van der Waals surface area contributed by atoms with Gasteiger partial charge in [-0.15, -0.1) is 0 Å². The van der Waals surface area contributed by atoms with E-state index in [2.05, 4.69) is 53.0 Å². The van der Waals surface area contributed by atoms with Crippen LogP contribution in [0.4, 0.5) is 0 Å². The molecular formula is C13H22BrN3O. The van der Waals surface area contributed by atoms with Crippen LogP contribution in [0.1, 0.15) is 19.0 Å². The first kappa shape index (κ1) is 15.2. The van der Waals surface area contributed by atoms with Crippen molar-refractivity contribution in [3.8, 4) is 5.75 Å². The normalized spacial score (nSPS) is 12.2. The van der Waals surface area contributed by atoms with Crippen LogP contribution in [0.15, 0.2) is 12.3 Å². The number of aromatic nitrogens is 2. The summed E-state index contributed by atoms with van der Waals surface area (Å²) in [6, 6.07) is 0. The Kier molecular flexibility index (Phi) is 6.43. The third-order valence-electron chi connectivity index (χ3n) is 2.72. The molecule has 0 bridgehead atoms. The fourth-order valence-electron chi connectivity index (χ4n) is 1.75. The summed E-state index contributed by atoms with van der Waals surface area (Å²) < 4.78 is 7.40. The van der Waals surface area contributed by atoms with Crippen molar-refractivity contribution in [2.75, 3.05) is 33.1 Å². The summed E-state index contributed by atoms with van der Waals surface area (Å²) >= 11 is 3.44. The van der Waals surface area contributed by atoms with Gasteiger partial charge in [-0.1, -0.05) is 22.0 Å². The van der Waals surface area contributed by atoms with Gasteiger partial charge in [0.2, 0.25) is 0 Å². The van der Waals surface area contributed by atoms with E-state index in [9.17, 15) is 0 Å². The molecule has 0 aliphatic carbocycles. The van der Waals surface area contributed by atoms with Crippen molar-refractivity contribution in [1.82, 2.24) is 14.7 Å². The molecule has 1 aromatic heterocycles. The Morgan fingerprint density at radius 2 is 2.28 bits per heavy atom. The molecule has 0 atom stereocenters. The predicted octanol–water partition coefficient (Wildman–Crippen LogP) is 2.64. The van der Waals surface area contributed by atoms with Crippen LogP contribution < -0.4 is 4.74 Å². The van der Waals surface area contributed by atoms with Gasteiger partial charge in [0.1, 0.15) is 5.69 Å². The molecular weight excluding hydrogens is 294 g/mol. The second kappa shape index (κ2) is 7.59. The van der Waals surface area contributed by atoms with Crippen LogP contribution in [0.2, 0.25) is 0 Å². The van der Waals surface area contributed by atoms with Crippen molar-refractivity contribution in [1.29, 1.82) is 0 Å². The molecule has 102 valence electrons. The van der Waals surface area contributed by atoms with Crippen LogP contribution in [-0.2, 0) is 6.54 Å². The van der Waals surface area contributed by atoms with Crippen LogP contribution in [0, 0.1) is 0 Å². The highest BCUT2D eigenvalue weighted by Gasteiger charge is 2.12. The quantitative estimate of drug-likeness (QED) is 0.725. The van der Waals surface area contributed by atoms with Gasteiger partial charge >= 0.3 is 0 Å². The number of rotatable bonds is 7. The molecule has 0 fully saturated rings. The molecule has 1 heterocycles. The van der Waals surface area contributed by atoms with Gasteiger partial charge in [-0.25, -0.2) is 0 Å². The summed E-state index contributed by atoms with van der Waals surface area (Å²) in [6.07, 6.45) is 5.00. The van der Waals surface area contributed by atoms with E-state index >= 15 is 0 Å². The molecule has 1 rings (SSSR count). The third-order valence-corrected chi connectivity index (χ3v) is 3.18. The summed E-state index contributed by atoms with van der Waals surface area (Å²) in [7, 11) is 5.82. The first-order valence-corrected chi connectivity index (χ1v) is 7.20. The van der Waals surface area contributed by atoms with Crippen LogP contribution in [0.5, 0.6) is 5.75 Å². The van der Waals surface area contributed by atoms with Crippen molar-refractivity contribution in [3.05, 3.63) is 18.0 Å². The zero-order chi connectivity index (χ0) is 13.5.